The minimum absolute atomic E-state index is 0.0398. The minimum atomic E-state index is -4.89. The van der Waals surface area contributed by atoms with Gasteiger partial charge in [-0.3, -0.25) is 9.78 Å². The van der Waals surface area contributed by atoms with Crippen LogP contribution in [0.15, 0.2) is 42.7 Å². The molecule has 0 bridgehead atoms. The molecule has 0 spiro atoms. The summed E-state index contributed by atoms with van der Waals surface area (Å²) in [7, 11) is 0. The molecule has 2 heterocycles. The van der Waals surface area contributed by atoms with Gasteiger partial charge in [-0.2, -0.15) is 0 Å². The van der Waals surface area contributed by atoms with Gasteiger partial charge in [-0.15, -0.1) is 13.2 Å². The van der Waals surface area contributed by atoms with E-state index in [1.165, 1.54) is 17.0 Å². The van der Waals surface area contributed by atoms with Crippen molar-refractivity contribution in [1.29, 1.82) is 0 Å². The molecule has 0 atom stereocenters. The van der Waals surface area contributed by atoms with E-state index in [2.05, 4.69) is 19.9 Å². The van der Waals surface area contributed by atoms with Crippen LogP contribution < -0.4 is 15.0 Å². The molecule has 0 unspecified atom stereocenters. The Morgan fingerprint density at radius 2 is 1.74 bits per heavy atom. The van der Waals surface area contributed by atoms with Crippen molar-refractivity contribution in [2.45, 2.75) is 46.1 Å². The third-order valence-electron chi connectivity index (χ3n) is 6.00. The van der Waals surface area contributed by atoms with Gasteiger partial charge in [0.25, 0.3) is 5.91 Å². The van der Waals surface area contributed by atoms with Gasteiger partial charge in [0.15, 0.2) is 5.75 Å². The maximum atomic E-state index is 13.3. The van der Waals surface area contributed by atoms with E-state index >= 15 is 0 Å². The summed E-state index contributed by atoms with van der Waals surface area (Å²) in [5, 5.41) is 2.96. The number of nitrogens with zero attached hydrogens (tertiary/aromatic N) is 4. The molecule has 11 heteroatoms. The zero-order valence-corrected chi connectivity index (χ0v) is 20.2. The van der Waals surface area contributed by atoms with Gasteiger partial charge in [-0.25, -0.2) is 9.69 Å². The number of alkyl halides is 3. The van der Waals surface area contributed by atoms with Crippen molar-refractivity contribution < 1.29 is 27.5 Å². The third kappa shape index (κ3) is 6.02. The molecule has 8 nitrogen and oxygen atoms in total. The smallest absolute Gasteiger partial charge is 0.404 e. The molecule has 3 rings (SSSR count). The van der Waals surface area contributed by atoms with Gasteiger partial charge >= 0.3 is 12.4 Å². The van der Waals surface area contributed by atoms with E-state index < -0.39 is 29.6 Å². The highest BCUT2D eigenvalue weighted by molar-refractivity contribution is 6.23. The number of ether oxygens (including phenoxy) is 1. The van der Waals surface area contributed by atoms with Crippen molar-refractivity contribution in [1.82, 2.24) is 14.8 Å². The maximum Gasteiger partial charge on any atom is 0.573 e. The number of pyridine rings is 1. The lowest BCUT2D eigenvalue weighted by atomic mass is 10.0. The largest absolute Gasteiger partial charge is 0.573 e. The topological polar surface area (TPSA) is 78.0 Å². The molecule has 0 saturated carbocycles. The molecule has 35 heavy (non-hydrogen) atoms. The van der Waals surface area contributed by atoms with Crippen LogP contribution in [-0.4, -0.2) is 64.8 Å². The van der Waals surface area contributed by atoms with Crippen LogP contribution in [0.4, 0.5) is 29.3 Å². The second-order valence-electron chi connectivity index (χ2n) is 8.61. The first kappa shape index (κ1) is 26.3. The number of aromatic nitrogens is 1. The van der Waals surface area contributed by atoms with Crippen molar-refractivity contribution in [3.8, 4) is 5.75 Å². The molecule has 190 valence electrons. The molecule has 1 saturated heterocycles. The van der Waals surface area contributed by atoms with Crippen molar-refractivity contribution in [3.63, 3.8) is 0 Å². The molecule has 3 amide bonds. The summed E-state index contributed by atoms with van der Waals surface area (Å²) in [5.41, 5.74) is -0.162. The van der Waals surface area contributed by atoms with Crippen LogP contribution in [0.1, 0.15) is 33.3 Å². The molecule has 1 aromatic heterocycles. The van der Waals surface area contributed by atoms with Crippen LogP contribution >= 0.6 is 0 Å². The highest BCUT2D eigenvalue weighted by atomic mass is 19.4. The van der Waals surface area contributed by atoms with E-state index in [9.17, 15) is 22.8 Å². The molecular weight excluding hydrogens is 463 g/mol. The number of halogens is 3. The molecule has 1 aliphatic rings. The van der Waals surface area contributed by atoms with Crippen molar-refractivity contribution in [2.24, 2.45) is 0 Å². The summed E-state index contributed by atoms with van der Waals surface area (Å²) in [6.07, 6.45) is -1.70. The molecule has 1 fully saturated rings. The highest BCUT2D eigenvalue weighted by Gasteiger charge is 2.51. The van der Waals surface area contributed by atoms with Gasteiger partial charge < -0.3 is 19.9 Å². The minimum Gasteiger partial charge on any atom is -0.404 e. The maximum absolute atomic E-state index is 13.3. The lowest BCUT2D eigenvalue weighted by molar-refractivity contribution is -0.274. The van der Waals surface area contributed by atoms with E-state index in [1.807, 2.05) is 13.8 Å². The van der Waals surface area contributed by atoms with Crippen LogP contribution in [0.25, 0.3) is 0 Å². The fourth-order valence-corrected chi connectivity index (χ4v) is 3.90. The SMILES string of the molecule is CCN(CC)CCNc1cc(N2C(=O)N(Cc3ccncc3)C(C)(C)C2=O)ccc1OC(F)(F)F. The first-order chi connectivity index (χ1) is 16.5. The van der Waals surface area contributed by atoms with E-state index in [0.717, 1.165) is 29.6 Å². The molecular formula is C24H30F3N5O3. The zero-order chi connectivity index (χ0) is 25.8. The van der Waals surface area contributed by atoms with E-state index in [4.69, 9.17) is 0 Å². The number of nitrogens with one attached hydrogen (secondary N) is 1. The molecule has 1 aromatic carbocycles. The predicted molar refractivity (Wildman–Crippen MR) is 126 cm³/mol. The molecule has 1 aliphatic heterocycles. The van der Waals surface area contributed by atoms with Crippen LogP contribution in [-0.2, 0) is 11.3 Å². The fraction of sp³-hybridized carbons (Fsp3) is 0.458. The summed E-state index contributed by atoms with van der Waals surface area (Å²) in [6, 6.07) is 6.66. The molecule has 2 aromatic rings. The number of benzene rings is 1. The summed E-state index contributed by atoms with van der Waals surface area (Å²) in [5.74, 6) is -0.914. The standard InChI is InChI=1S/C24H30F3N5O3/c1-5-30(6-2)14-13-29-19-15-18(7-8-20(19)35-24(25,26)27)32-21(33)23(3,4)31(22(32)34)16-17-9-11-28-12-10-17/h7-12,15,29H,5-6,13-14,16H2,1-4H3. The summed E-state index contributed by atoms with van der Waals surface area (Å²) < 4.78 is 43.1. The van der Waals surface area contributed by atoms with Crippen molar-refractivity contribution in [2.75, 3.05) is 36.4 Å². The third-order valence-corrected chi connectivity index (χ3v) is 6.00. The molecule has 1 N–H and O–H groups in total. The normalized spacial score (nSPS) is 15.8. The first-order valence-electron chi connectivity index (χ1n) is 11.4. The van der Waals surface area contributed by atoms with Gasteiger partial charge in [0.2, 0.25) is 0 Å². The number of carbonyl (C=O) groups is 2. The van der Waals surface area contributed by atoms with Gasteiger partial charge in [0.05, 0.1) is 11.4 Å². The first-order valence-corrected chi connectivity index (χ1v) is 11.4. The monoisotopic (exact) mass is 493 g/mol. The number of rotatable bonds is 10. The average Bonchev–Trinajstić information content (AvgIpc) is 2.97. The highest BCUT2D eigenvalue weighted by Crippen LogP contribution is 2.38. The average molecular weight is 494 g/mol. The van der Waals surface area contributed by atoms with Crippen LogP contribution in [0.3, 0.4) is 0 Å². The quantitative estimate of drug-likeness (QED) is 0.492. The number of anilines is 2. The number of likely N-dealkylation sites (N-methyl/N-ethyl adjacent to an activating group) is 1. The predicted octanol–water partition coefficient (Wildman–Crippen LogP) is 4.48. The van der Waals surface area contributed by atoms with Gasteiger partial charge in [0.1, 0.15) is 5.54 Å². The number of carbonyl (C=O) groups excluding carboxylic acids is 2. The Hall–Kier alpha value is -3.34. The Kier molecular flexibility index (Phi) is 7.89. The van der Waals surface area contributed by atoms with Crippen LogP contribution in [0.2, 0.25) is 0 Å². The Morgan fingerprint density at radius 3 is 2.34 bits per heavy atom. The van der Waals surface area contributed by atoms with Gasteiger partial charge in [0, 0.05) is 32.0 Å². The Balaban J connectivity index is 1.90. The van der Waals surface area contributed by atoms with E-state index in [0.29, 0.717) is 13.1 Å². The van der Waals surface area contributed by atoms with Crippen LogP contribution in [0.5, 0.6) is 5.75 Å². The van der Waals surface area contributed by atoms with Gasteiger partial charge in [-0.05, 0) is 62.8 Å². The number of imide groups is 1. The Bertz CT molecular complexity index is 1040. The lowest BCUT2D eigenvalue weighted by Crippen LogP contribution is -2.43. The summed E-state index contributed by atoms with van der Waals surface area (Å²) in [6.45, 7) is 9.97. The van der Waals surface area contributed by atoms with E-state index in [1.54, 1.807) is 38.4 Å². The second-order valence-corrected chi connectivity index (χ2v) is 8.61. The van der Waals surface area contributed by atoms with Crippen LogP contribution in [0, 0.1) is 0 Å². The Labute approximate surface area is 202 Å². The lowest BCUT2D eigenvalue weighted by Gasteiger charge is -2.27. The van der Waals surface area contributed by atoms with Crippen molar-refractivity contribution in [3.05, 3.63) is 48.3 Å². The Morgan fingerprint density at radius 1 is 1.09 bits per heavy atom. The molecule has 0 radical (unpaired) electrons. The van der Waals surface area contributed by atoms with Crippen molar-refractivity contribution >= 4 is 23.3 Å². The zero-order valence-electron chi connectivity index (χ0n) is 20.2. The fourth-order valence-electron chi connectivity index (χ4n) is 3.90. The summed E-state index contributed by atoms with van der Waals surface area (Å²) in [4.78, 5) is 35.1. The summed E-state index contributed by atoms with van der Waals surface area (Å²) >= 11 is 0. The number of urea groups is 1. The van der Waals surface area contributed by atoms with E-state index in [-0.39, 0.29) is 17.9 Å². The van der Waals surface area contributed by atoms with Gasteiger partial charge in [-0.1, -0.05) is 13.8 Å². The number of hydrogen-bond donors (Lipinski definition) is 1. The molecule has 0 aliphatic carbocycles. The second kappa shape index (κ2) is 10.5. The number of hydrogen-bond acceptors (Lipinski definition) is 6. The number of amides is 3.